The molecule has 0 amide bonds. The minimum absolute atomic E-state index is 0.517. The Kier molecular flexibility index (Phi) is 2.49. The van der Waals surface area contributed by atoms with Gasteiger partial charge in [0.1, 0.15) is 5.54 Å². The molecule has 1 aromatic carbocycles. The average molecular weight is 194 g/mol. The number of anilines is 1. The second kappa shape index (κ2) is 3.31. The maximum Gasteiger partial charge on any atom is 0.328 e. The second-order valence-corrected chi connectivity index (χ2v) is 3.58. The Balaban J connectivity index is 3.31. The van der Waals surface area contributed by atoms with E-state index >= 15 is 0 Å². The fourth-order valence-electron chi connectivity index (χ4n) is 1.31. The number of hydrogen-bond acceptors (Lipinski definition) is 3. The molecule has 0 saturated carbocycles. The number of nitrogens with two attached hydrogens (primary N) is 2. The molecule has 0 unspecified atom stereocenters. The molecule has 14 heavy (non-hydrogen) atoms. The normalized spacial score (nSPS) is 14.8. The molecule has 0 fully saturated rings. The third kappa shape index (κ3) is 1.70. The van der Waals surface area contributed by atoms with Gasteiger partial charge < -0.3 is 16.6 Å². The number of carbonyl (C=O) groups is 1. The van der Waals surface area contributed by atoms with Gasteiger partial charge in [0.05, 0.1) is 0 Å². The van der Waals surface area contributed by atoms with E-state index in [4.69, 9.17) is 16.6 Å². The summed E-state index contributed by atoms with van der Waals surface area (Å²) in [6.07, 6.45) is 0. The van der Waals surface area contributed by atoms with Crippen LogP contribution >= 0.6 is 0 Å². The van der Waals surface area contributed by atoms with E-state index in [1.165, 1.54) is 6.92 Å². The number of aryl methyl sites for hydroxylation is 1. The summed E-state index contributed by atoms with van der Waals surface area (Å²) in [5, 5.41) is 8.94. The highest BCUT2D eigenvalue weighted by Gasteiger charge is 2.31. The average Bonchev–Trinajstić information content (AvgIpc) is 2.08. The lowest BCUT2D eigenvalue weighted by molar-refractivity contribution is -0.143. The minimum Gasteiger partial charge on any atom is -0.480 e. The van der Waals surface area contributed by atoms with Crippen molar-refractivity contribution in [3.8, 4) is 0 Å². The van der Waals surface area contributed by atoms with Crippen LogP contribution in [0.5, 0.6) is 0 Å². The van der Waals surface area contributed by atoms with Gasteiger partial charge in [0.15, 0.2) is 0 Å². The van der Waals surface area contributed by atoms with Gasteiger partial charge in [-0.05, 0) is 37.1 Å². The Morgan fingerprint density at radius 1 is 1.50 bits per heavy atom. The standard InChI is InChI=1S/C10H14N2O2/c1-6-3-4-7(11)5-8(6)10(2,12)9(13)14/h3-5H,11-12H2,1-2H3,(H,13,14)/t10-/m0/s1. The van der Waals surface area contributed by atoms with Crippen molar-refractivity contribution in [1.82, 2.24) is 0 Å². The molecule has 0 aliphatic heterocycles. The predicted octanol–water partition coefficient (Wildman–Crippen LogP) is 0.836. The summed E-state index contributed by atoms with van der Waals surface area (Å²) in [5.41, 5.74) is 11.8. The summed E-state index contributed by atoms with van der Waals surface area (Å²) in [5.74, 6) is -1.06. The lowest BCUT2D eigenvalue weighted by Crippen LogP contribution is -2.42. The molecule has 0 saturated heterocycles. The summed E-state index contributed by atoms with van der Waals surface area (Å²) < 4.78 is 0. The number of nitrogen functional groups attached to an aromatic ring is 1. The Labute approximate surface area is 82.5 Å². The third-order valence-corrected chi connectivity index (χ3v) is 2.27. The SMILES string of the molecule is Cc1ccc(N)cc1[C@](C)(N)C(=O)O. The van der Waals surface area contributed by atoms with Crippen LogP contribution < -0.4 is 11.5 Å². The van der Waals surface area contributed by atoms with Crippen LogP contribution in [0, 0.1) is 6.92 Å². The number of benzene rings is 1. The van der Waals surface area contributed by atoms with Gasteiger partial charge in [-0.25, -0.2) is 4.79 Å². The monoisotopic (exact) mass is 194 g/mol. The van der Waals surface area contributed by atoms with Crippen molar-refractivity contribution in [1.29, 1.82) is 0 Å². The quantitative estimate of drug-likeness (QED) is 0.608. The van der Waals surface area contributed by atoms with Gasteiger partial charge in [-0.2, -0.15) is 0 Å². The highest BCUT2D eigenvalue weighted by molar-refractivity contribution is 5.81. The molecule has 0 aromatic heterocycles. The maximum atomic E-state index is 10.9. The van der Waals surface area contributed by atoms with Crippen LogP contribution in [0.2, 0.25) is 0 Å². The van der Waals surface area contributed by atoms with Crippen molar-refractivity contribution in [2.24, 2.45) is 5.73 Å². The summed E-state index contributed by atoms with van der Waals surface area (Å²) in [7, 11) is 0. The van der Waals surface area contributed by atoms with E-state index in [1.54, 1.807) is 18.2 Å². The maximum absolute atomic E-state index is 10.9. The van der Waals surface area contributed by atoms with Gasteiger partial charge in [0, 0.05) is 5.69 Å². The molecule has 0 radical (unpaired) electrons. The Morgan fingerprint density at radius 3 is 2.57 bits per heavy atom. The van der Waals surface area contributed by atoms with Crippen molar-refractivity contribution in [3.63, 3.8) is 0 Å². The van der Waals surface area contributed by atoms with Crippen LogP contribution in [0.1, 0.15) is 18.1 Å². The van der Waals surface area contributed by atoms with Gasteiger partial charge in [-0.15, -0.1) is 0 Å². The van der Waals surface area contributed by atoms with E-state index < -0.39 is 11.5 Å². The molecule has 0 aliphatic rings. The Bertz CT molecular complexity index is 372. The van der Waals surface area contributed by atoms with Crippen LogP contribution in [-0.4, -0.2) is 11.1 Å². The number of rotatable bonds is 2. The largest absolute Gasteiger partial charge is 0.480 e. The van der Waals surface area contributed by atoms with E-state index in [0.717, 1.165) is 5.56 Å². The predicted molar refractivity (Wildman–Crippen MR) is 54.8 cm³/mol. The van der Waals surface area contributed by atoms with E-state index in [2.05, 4.69) is 0 Å². The highest BCUT2D eigenvalue weighted by atomic mass is 16.4. The second-order valence-electron chi connectivity index (χ2n) is 3.58. The fraction of sp³-hybridized carbons (Fsp3) is 0.300. The molecule has 4 heteroatoms. The van der Waals surface area contributed by atoms with E-state index in [-0.39, 0.29) is 0 Å². The first kappa shape index (κ1) is 10.5. The minimum atomic E-state index is -1.39. The molecule has 0 bridgehead atoms. The molecular formula is C10H14N2O2. The van der Waals surface area contributed by atoms with E-state index in [0.29, 0.717) is 11.3 Å². The van der Waals surface area contributed by atoms with Gasteiger partial charge >= 0.3 is 5.97 Å². The molecular weight excluding hydrogens is 180 g/mol. The van der Waals surface area contributed by atoms with Crippen molar-refractivity contribution >= 4 is 11.7 Å². The summed E-state index contributed by atoms with van der Waals surface area (Å²) in [4.78, 5) is 10.9. The Hall–Kier alpha value is -1.55. The van der Waals surface area contributed by atoms with Crippen LogP contribution in [0.3, 0.4) is 0 Å². The molecule has 4 nitrogen and oxygen atoms in total. The fourth-order valence-corrected chi connectivity index (χ4v) is 1.31. The van der Waals surface area contributed by atoms with Crippen LogP contribution in [0.4, 0.5) is 5.69 Å². The Morgan fingerprint density at radius 2 is 2.07 bits per heavy atom. The lowest BCUT2D eigenvalue weighted by Gasteiger charge is -2.22. The molecule has 0 heterocycles. The van der Waals surface area contributed by atoms with Gasteiger partial charge in [0.25, 0.3) is 0 Å². The van der Waals surface area contributed by atoms with Crippen molar-refractivity contribution in [2.45, 2.75) is 19.4 Å². The zero-order chi connectivity index (χ0) is 10.9. The lowest BCUT2D eigenvalue weighted by atomic mass is 9.89. The molecule has 1 rings (SSSR count). The first-order valence-corrected chi connectivity index (χ1v) is 4.24. The summed E-state index contributed by atoms with van der Waals surface area (Å²) in [6.45, 7) is 3.26. The zero-order valence-electron chi connectivity index (χ0n) is 8.24. The van der Waals surface area contributed by atoms with Gasteiger partial charge in [-0.1, -0.05) is 6.07 Å². The summed E-state index contributed by atoms with van der Waals surface area (Å²) >= 11 is 0. The molecule has 1 atom stereocenters. The first-order valence-electron chi connectivity index (χ1n) is 4.24. The smallest absolute Gasteiger partial charge is 0.328 e. The topological polar surface area (TPSA) is 89.3 Å². The molecule has 76 valence electrons. The van der Waals surface area contributed by atoms with Crippen LogP contribution in [0.25, 0.3) is 0 Å². The van der Waals surface area contributed by atoms with Crippen molar-refractivity contribution in [3.05, 3.63) is 29.3 Å². The number of aliphatic carboxylic acids is 1. The molecule has 5 N–H and O–H groups in total. The van der Waals surface area contributed by atoms with Crippen molar-refractivity contribution in [2.75, 3.05) is 5.73 Å². The zero-order valence-corrected chi connectivity index (χ0v) is 8.24. The van der Waals surface area contributed by atoms with Gasteiger partial charge in [0.2, 0.25) is 0 Å². The number of carboxylic acids is 1. The van der Waals surface area contributed by atoms with E-state index in [9.17, 15) is 4.79 Å². The first-order chi connectivity index (χ1) is 6.35. The highest BCUT2D eigenvalue weighted by Crippen LogP contribution is 2.23. The summed E-state index contributed by atoms with van der Waals surface area (Å²) in [6, 6.07) is 5.08. The molecule has 0 spiro atoms. The molecule has 1 aromatic rings. The van der Waals surface area contributed by atoms with Crippen molar-refractivity contribution < 1.29 is 9.90 Å². The van der Waals surface area contributed by atoms with Crippen LogP contribution in [-0.2, 0) is 10.3 Å². The number of hydrogen-bond donors (Lipinski definition) is 3. The molecule has 0 aliphatic carbocycles. The van der Waals surface area contributed by atoms with Crippen LogP contribution in [0.15, 0.2) is 18.2 Å². The third-order valence-electron chi connectivity index (χ3n) is 2.27. The van der Waals surface area contributed by atoms with Gasteiger partial charge in [-0.3, -0.25) is 0 Å². The van der Waals surface area contributed by atoms with E-state index in [1.807, 2.05) is 6.92 Å². The number of carboxylic acid groups (broad SMARTS) is 1.